The first-order valence-electron chi connectivity index (χ1n) is 14.1. The van der Waals surface area contributed by atoms with Gasteiger partial charge in [-0.2, -0.15) is 0 Å². The third-order valence-electron chi connectivity index (χ3n) is 13.5. The van der Waals surface area contributed by atoms with Gasteiger partial charge in [0.25, 0.3) is 0 Å². The van der Waals surface area contributed by atoms with Crippen LogP contribution in [-0.4, -0.2) is 45.2 Å². The van der Waals surface area contributed by atoms with Crippen molar-refractivity contribution in [2.45, 2.75) is 105 Å². The quantitative estimate of drug-likeness (QED) is 0.409. The van der Waals surface area contributed by atoms with E-state index >= 15 is 0 Å². The highest BCUT2D eigenvalue weighted by molar-refractivity contribution is 5.76. The predicted molar refractivity (Wildman–Crippen MR) is 135 cm³/mol. The molecule has 0 amide bonds. The summed E-state index contributed by atoms with van der Waals surface area (Å²) < 4.78 is 0. The van der Waals surface area contributed by atoms with Crippen LogP contribution in [0.3, 0.4) is 0 Å². The van der Waals surface area contributed by atoms with Gasteiger partial charge in [-0.1, -0.05) is 53.2 Å². The van der Waals surface area contributed by atoms with E-state index in [1.807, 2.05) is 6.92 Å². The molecule has 5 aliphatic rings. The van der Waals surface area contributed by atoms with E-state index in [1.54, 1.807) is 0 Å². The molecule has 0 aromatic carbocycles. The number of aliphatic hydroxyl groups is 3. The molecular weight excluding hydrogens is 440 g/mol. The summed E-state index contributed by atoms with van der Waals surface area (Å²) in [7, 11) is 0. The zero-order chi connectivity index (χ0) is 25.8. The summed E-state index contributed by atoms with van der Waals surface area (Å²) in [6.07, 6.45) is 7.51. The highest BCUT2D eigenvalue weighted by atomic mass is 16.4. The first-order chi connectivity index (χ1) is 16.2. The molecule has 0 radical (unpaired) electrons. The molecule has 0 heterocycles. The molecule has 12 atom stereocenters. The molecule has 198 valence electrons. The normalized spacial score (nSPS) is 57.7. The van der Waals surface area contributed by atoms with Crippen LogP contribution in [0.1, 0.15) is 92.9 Å². The number of aliphatic carboxylic acids is 1. The molecule has 5 nitrogen and oxygen atoms in total. The summed E-state index contributed by atoms with van der Waals surface area (Å²) in [4.78, 5) is 12.8. The van der Waals surface area contributed by atoms with Crippen LogP contribution >= 0.6 is 0 Å². The van der Waals surface area contributed by atoms with Crippen molar-refractivity contribution in [2.24, 2.45) is 56.7 Å². The standard InChI is InChI=1S/C30H48O5/c1-17-9-12-30(25(34)35)14-13-28(5)19(23(30)18(17)2)7-8-22-26(3)15-20(32)24(33)27(4,16-31)21(26)10-11-29(22,28)6/h7,17-18,20-24,31-33H,8-16H2,1-6H3,(H,34,35)/t17-,18+,20-,21+,22-,23+,24+,26+,27+,28-,29-,30+/m1/s1. The number of carbonyl (C=O) groups is 1. The van der Waals surface area contributed by atoms with Crippen LogP contribution in [0.25, 0.3) is 0 Å². The van der Waals surface area contributed by atoms with Crippen molar-refractivity contribution in [1.82, 2.24) is 0 Å². The van der Waals surface area contributed by atoms with E-state index in [1.165, 1.54) is 5.57 Å². The van der Waals surface area contributed by atoms with E-state index in [0.29, 0.717) is 24.2 Å². The maximum absolute atomic E-state index is 12.8. The number of allylic oxidation sites excluding steroid dienone is 2. The zero-order valence-electron chi connectivity index (χ0n) is 22.7. The monoisotopic (exact) mass is 488 g/mol. The Morgan fingerprint density at radius 1 is 1.00 bits per heavy atom. The van der Waals surface area contributed by atoms with Gasteiger partial charge in [-0.3, -0.25) is 4.79 Å². The van der Waals surface area contributed by atoms with E-state index in [-0.39, 0.29) is 34.7 Å². The molecule has 0 aromatic rings. The van der Waals surface area contributed by atoms with E-state index in [4.69, 9.17) is 0 Å². The molecule has 35 heavy (non-hydrogen) atoms. The lowest BCUT2D eigenvalue weighted by molar-refractivity contribution is -0.244. The van der Waals surface area contributed by atoms with Gasteiger partial charge < -0.3 is 20.4 Å². The molecule has 4 N–H and O–H groups in total. The highest BCUT2D eigenvalue weighted by Crippen LogP contribution is 2.75. The average Bonchev–Trinajstić information content (AvgIpc) is 2.80. The summed E-state index contributed by atoms with van der Waals surface area (Å²) >= 11 is 0. The van der Waals surface area contributed by atoms with Gasteiger partial charge in [0, 0.05) is 5.41 Å². The molecule has 5 aliphatic carbocycles. The number of carboxylic acids is 1. The molecule has 0 saturated heterocycles. The first-order valence-corrected chi connectivity index (χ1v) is 14.1. The SMILES string of the molecule is C[C@H]1[C@H](C)CC[C@]2(C(=O)O)CC[C@]3(C)C(=CC[C@@H]4[C@@]5(C)C[C@@H](O)[C@H](O)[C@@](C)(CO)[C@H]5CC[C@]43C)[C@H]12. The molecule has 0 aliphatic heterocycles. The highest BCUT2D eigenvalue weighted by Gasteiger charge is 2.70. The van der Waals surface area contributed by atoms with Crippen molar-refractivity contribution in [2.75, 3.05) is 6.61 Å². The fourth-order valence-electron chi connectivity index (χ4n) is 11.0. The Bertz CT molecular complexity index is 930. The molecule has 0 spiro atoms. The van der Waals surface area contributed by atoms with Crippen molar-refractivity contribution >= 4 is 5.97 Å². The minimum absolute atomic E-state index is 0.00815. The smallest absolute Gasteiger partial charge is 0.310 e. The van der Waals surface area contributed by atoms with Crippen molar-refractivity contribution in [3.05, 3.63) is 11.6 Å². The van der Waals surface area contributed by atoms with Crippen molar-refractivity contribution in [1.29, 1.82) is 0 Å². The summed E-state index contributed by atoms with van der Waals surface area (Å²) in [6.45, 7) is 13.6. The van der Waals surface area contributed by atoms with Crippen molar-refractivity contribution < 1.29 is 25.2 Å². The number of rotatable bonds is 2. The van der Waals surface area contributed by atoms with Gasteiger partial charge in [-0.15, -0.1) is 0 Å². The Kier molecular flexibility index (Phi) is 5.73. The van der Waals surface area contributed by atoms with Crippen LogP contribution < -0.4 is 0 Å². The predicted octanol–water partition coefficient (Wildman–Crippen LogP) is 5.03. The second-order valence-corrected chi connectivity index (χ2v) is 14.5. The Morgan fingerprint density at radius 3 is 2.31 bits per heavy atom. The number of hydrogen-bond donors (Lipinski definition) is 4. The molecule has 4 saturated carbocycles. The van der Waals surface area contributed by atoms with Gasteiger partial charge in [0.2, 0.25) is 0 Å². The van der Waals surface area contributed by atoms with Crippen molar-refractivity contribution in [3.8, 4) is 0 Å². The first kappa shape index (κ1) is 25.7. The molecule has 0 unspecified atom stereocenters. The largest absolute Gasteiger partial charge is 0.481 e. The second kappa shape index (κ2) is 7.80. The van der Waals surface area contributed by atoms with Gasteiger partial charge in [-0.25, -0.2) is 0 Å². The van der Waals surface area contributed by atoms with Crippen molar-refractivity contribution in [3.63, 3.8) is 0 Å². The third-order valence-corrected chi connectivity index (χ3v) is 13.5. The fraction of sp³-hybridized carbons (Fsp3) is 0.900. The summed E-state index contributed by atoms with van der Waals surface area (Å²) in [5.41, 5.74) is -0.214. The van der Waals surface area contributed by atoms with Gasteiger partial charge in [0.05, 0.1) is 24.2 Å². The molecule has 5 heteroatoms. The van der Waals surface area contributed by atoms with Crippen LogP contribution in [-0.2, 0) is 4.79 Å². The minimum Gasteiger partial charge on any atom is -0.481 e. The molecule has 5 rings (SSSR count). The summed E-state index contributed by atoms with van der Waals surface area (Å²) in [6, 6.07) is 0. The lowest BCUT2D eigenvalue weighted by Crippen LogP contribution is -2.68. The van der Waals surface area contributed by atoms with E-state index in [2.05, 4.69) is 40.7 Å². The Labute approximate surface area is 211 Å². The van der Waals surface area contributed by atoms with Crippen LogP contribution in [0.2, 0.25) is 0 Å². The molecule has 0 aromatic heterocycles. The van der Waals surface area contributed by atoms with Gasteiger partial charge in [-0.05, 0) is 97.2 Å². The summed E-state index contributed by atoms with van der Waals surface area (Å²) in [5.74, 6) is 0.828. The average molecular weight is 489 g/mol. The van der Waals surface area contributed by atoms with Crippen LogP contribution in [0, 0.1) is 56.7 Å². The van der Waals surface area contributed by atoms with Crippen LogP contribution in [0.4, 0.5) is 0 Å². The lowest BCUT2D eigenvalue weighted by atomic mass is 9.33. The number of fused-ring (bicyclic) bond motifs is 7. The maximum Gasteiger partial charge on any atom is 0.310 e. The molecule has 4 fully saturated rings. The van der Waals surface area contributed by atoms with E-state index < -0.39 is 29.0 Å². The lowest BCUT2D eigenvalue weighted by Gasteiger charge is -2.71. The van der Waals surface area contributed by atoms with Gasteiger partial charge in [0.15, 0.2) is 0 Å². The number of aliphatic hydroxyl groups excluding tert-OH is 3. The molecular formula is C30H48O5. The van der Waals surface area contributed by atoms with Gasteiger partial charge >= 0.3 is 5.97 Å². The molecule has 0 bridgehead atoms. The minimum atomic E-state index is -0.907. The second-order valence-electron chi connectivity index (χ2n) is 14.5. The fourth-order valence-corrected chi connectivity index (χ4v) is 11.0. The van der Waals surface area contributed by atoms with E-state index in [9.17, 15) is 25.2 Å². The van der Waals surface area contributed by atoms with E-state index in [0.717, 1.165) is 44.9 Å². The Balaban J connectivity index is 1.62. The Morgan fingerprint density at radius 2 is 1.69 bits per heavy atom. The Hall–Kier alpha value is -0.910. The number of carboxylic acid groups (broad SMARTS) is 1. The maximum atomic E-state index is 12.8. The topological polar surface area (TPSA) is 98.0 Å². The third kappa shape index (κ3) is 2.95. The number of hydrogen-bond acceptors (Lipinski definition) is 4. The van der Waals surface area contributed by atoms with Crippen LogP contribution in [0.15, 0.2) is 11.6 Å². The zero-order valence-corrected chi connectivity index (χ0v) is 22.7. The van der Waals surface area contributed by atoms with Gasteiger partial charge in [0.1, 0.15) is 0 Å². The summed E-state index contributed by atoms with van der Waals surface area (Å²) in [5, 5.41) is 42.9. The van der Waals surface area contributed by atoms with Crippen LogP contribution in [0.5, 0.6) is 0 Å².